The number of carbonyl (C=O) groups excluding carboxylic acids is 2. The average molecular weight is 379 g/mol. The summed E-state index contributed by atoms with van der Waals surface area (Å²) < 4.78 is 11.1. The normalized spacial score (nSPS) is 19.8. The molecule has 3 rings (SSSR count). The van der Waals surface area contributed by atoms with Crippen molar-refractivity contribution in [3.05, 3.63) is 29.0 Å². The highest BCUT2D eigenvalue weighted by Crippen LogP contribution is 2.33. The van der Waals surface area contributed by atoms with E-state index in [-0.39, 0.29) is 29.5 Å². The number of ether oxygens (including phenoxy) is 1. The summed E-state index contributed by atoms with van der Waals surface area (Å²) >= 11 is 6.08. The minimum Gasteiger partial charge on any atom is -0.493 e. The number of fused-ring (bicyclic) bond motifs is 1. The summed E-state index contributed by atoms with van der Waals surface area (Å²) in [6.45, 7) is 4.69. The molecule has 1 fully saturated rings. The van der Waals surface area contributed by atoms with Crippen LogP contribution in [0.3, 0.4) is 0 Å². The zero-order valence-electron chi connectivity index (χ0n) is 15.2. The zero-order chi connectivity index (χ0) is 18.8. The van der Waals surface area contributed by atoms with E-state index in [0.29, 0.717) is 29.4 Å². The fourth-order valence-corrected chi connectivity index (χ4v) is 3.84. The van der Waals surface area contributed by atoms with Crippen LogP contribution in [0.15, 0.2) is 22.6 Å². The number of furan rings is 1. The molecule has 2 atom stereocenters. The molecule has 1 aromatic carbocycles. The van der Waals surface area contributed by atoms with Crippen LogP contribution >= 0.6 is 11.6 Å². The Morgan fingerprint density at radius 3 is 2.77 bits per heavy atom. The summed E-state index contributed by atoms with van der Waals surface area (Å²) in [5.41, 5.74) is 0.503. The molecule has 1 saturated heterocycles. The van der Waals surface area contributed by atoms with E-state index in [2.05, 4.69) is 12.2 Å². The van der Waals surface area contributed by atoms with Gasteiger partial charge in [-0.3, -0.25) is 9.59 Å². The van der Waals surface area contributed by atoms with Crippen molar-refractivity contribution in [1.82, 2.24) is 10.2 Å². The SMILES string of the molecule is CCC[C@@H]1CN(C(=O)c2cc3cc(Cl)cc(OC)c3o2)C[C@H]1NC(C)=O. The Kier molecular flexibility index (Phi) is 5.41. The van der Waals surface area contributed by atoms with Crippen LogP contribution in [-0.4, -0.2) is 43.0 Å². The van der Waals surface area contributed by atoms with Gasteiger partial charge in [0.1, 0.15) is 0 Å². The largest absolute Gasteiger partial charge is 0.493 e. The van der Waals surface area contributed by atoms with E-state index in [1.54, 1.807) is 23.1 Å². The van der Waals surface area contributed by atoms with Gasteiger partial charge in [-0.15, -0.1) is 0 Å². The molecular formula is C19H23ClN2O4. The second-order valence-electron chi connectivity index (χ2n) is 6.70. The summed E-state index contributed by atoms with van der Waals surface area (Å²) in [7, 11) is 1.53. The van der Waals surface area contributed by atoms with Crippen LogP contribution in [0.1, 0.15) is 37.2 Å². The predicted molar refractivity (Wildman–Crippen MR) is 99.7 cm³/mol. The number of hydrogen-bond acceptors (Lipinski definition) is 4. The van der Waals surface area contributed by atoms with Crippen molar-refractivity contribution < 1.29 is 18.7 Å². The minimum absolute atomic E-state index is 0.0234. The minimum atomic E-state index is -0.187. The molecule has 7 heteroatoms. The maximum Gasteiger partial charge on any atom is 0.289 e. The van der Waals surface area contributed by atoms with Crippen LogP contribution in [0.2, 0.25) is 5.02 Å². The number of methoxy groups -OCH3 is 1. The molecule has 0 unspecified atom stereocenters. The van der Waals surface area contributed by atoms with Crippen LogP contribution in [0, 0.1) is 5.92 Å². The molecule has 2 heterocycles. The van der Waals surface area contributed by atoms with Crippen LogP contribution < -0.4 is 10.1 Å². The number of nitrogens with one attached hydrogen (secondary N) is 1. The molecule has 1 aromatic heterocycles. The molecule has 0 aliphatic carbocycles. The smallest absolute Gasteiger partial charge is 0.289 e. The first-order valence-corrected chi connectivity index (χ1v) is 9.14. The van der Waals surface area contributed by atoms with Crippen LogP contribution in [0.25, 0.3) is 11.0 Å². The first-order chi connectivity index (χ1) is 12.4. The highest BCUT2D eigenvalue weighted by atomic mass is 35.5. The summed E-state index contributed by atoms with van der Waals surface area (Å²) in [4.78, 5) is 26.1. The van der Waals surface area contributed by atoms with E-state index in [0.717, 1.165) is 18.2 Å². The van der Waals surface area contributed by atoms with Crippen molar-refractivity contribution in [2.24, 2.45) is 5.92 Å². The fourth-order valence-electron chi connectivity index (χ4n) is 3.62. The standard InChI is InChI=1S/C19H23ClN2O4/c1-4-5-12-9-22(10-15(12)21-11(2)23)19(24)17-7-13-6-14(20)8-16(25-3)18(13)26-17/h6-8,12,15H,4-5,9-10H2,1-3H3,(H,21,23)/t12-,15-/m1/s1. The number of hydrogen-bond donors (Lipinski definition) is 1. The van der Waals surface area contributed by atoms with Gasteiger partial charge >= 0.3 is 0 Å². The molecular weight excluding hydrogens is 356 g/mol. The number of nitrogens with zero attached hydrogens (tertiary/aromatic N) is 1. The number of likely N-dealkylation sites (tertiary alicyclic amines) is 1. The van der Waals surface area contributed by atoms with Gasteiger partial charge in [0, 0.05) is 36.5 Å². The van der Waals surface area contributed by atoms with E-state index in [4.69, 9.17) is 20.8 Å². The van der Waals surface area contributed by atoms with Crippen molar-refractivity contribution >= 4 is 34.4 Å². The number of amides is 2. The number of carbonyl (C=O) groups is 2. The van der Waals surface area contributed by atoms with E-state index >= 15 is 0 Å². The van der Waals surface area contributed by atoms with Gasteiger partial charge in [-0.25, -0.2) is 0 Å². The number of halogens is 1. The lowest BCUT2D eigenvalue weighted by molar-refractivity contribution is -0.119. The third-order valence-corrected chi connectivity index (χ3v) is 4.97. The first kappa shape index (κ1) is 18.6. The molecule has 2 amide bonds. The molecule has 26 heavy (non-hydrogen) atoms. The molecule has 140 valence electrons. The quantitative estimate of drug-likeness (QED) is 0.864. The molecule has 6 nitrogen and oxygen atoms in total. The third kappa shape index (κ3) is 3.65. The Balaban J connectivity index is 1.85. The maximum absolute atomic E-state index is 12.9. The Bertz CT molecular complexity index is 832. The van der Waals surface area contributed by atoms with Gasteiger partial charge in [0.05, 0.1) is 13.2 Å². The molecule has 1 aliphatic rings. The highest BCUT2D eigenvalue weighted by Gasteiger charge is 2.36. The van der Waals surface area contributed by atoms with Crippen LogP contribution in [0.5, 0.6) is 5.75 Å². The van der Waals surface area contributed by atoms with Gasteiger partial charge in [-0.05, 0) is 24.5 Å². The van der Waals surface area contributed by atoms with Crippen LogP contribution in [-0.2, 0) is 4.79 Å². The van der Waals surface area contributed by atoms with Crippen LogP contribution in [0.4, 0.5) is 0 Å². The van der Waals surface area contributed by atoms with Crippen molar-refractivity contribution in [2.45, 2.75) is 32.7 Å². The average Bonchev–Trinajstić information content (AvgIpc) is 3.17. The molecule has 2 aromatic rings. The molecule has 0 spiro atoms. The number of benzene rings is 1. The van der Waals surface area contributed by atoms with E-state index in [1.165, 1.54) is 14.0 Å². The van der Waals surface area contributed by atoms with Crippen molar-refractivity contribution in [3.63, 3.8) is 0 Å². The van der Waals surface area contributed by atoms with Crippen molar-refractivity contribution in [2.75, 3.05) is 20.2 Å². The van der Waals surface area contributed by atoms with Gasteiger partial charge in [0.15, 0.2) is 17.1 Å². The molecule has 0 bridgehead atoms. The summed E-state index contributed by atoms with van der Waals surface area (Å²) in [5.74, 6) is 0.732. The molecule has 1 aliphatic heterocycles. The predicted octanol–water partition coefficient (Wildman–Crippen LogP) is 3.47. The van der Waals surface area contributed by atoms with Gasteiger partial charge in [0.2, 0.25) is 5.91 Å². The lowest BCUT2D eigenvalue weighted by Crippen LogP contribution is -2.39. The van der Waals surface area contributed by atoms with Crippen molar-refractivity contribution in [3.8, 4) is 5.75 Å². The van der Waals surface area contributed by atoms with Crippen molar-refractivity contribution in [1.29, 1.82) is 0 Å². The van der Waals surface area contributed by atoms with E-state index < -0.39 is 0 Å². The Morgan fingerprint density at radius 1 is 1.35 bits per heavy atom. The monoisotopic (exact) mass is 378 g/mol. The lowest BCUT2D eigenvalue weighted by Gasteiger charge is -2.17. The maximum atomic E-state index is 12.9. The second kappa shape index (κ2) is 7.58. The van der Waals surface area contributed by atoms with Gasteiger partial charge < -0.3 is 19.4 Å². The lowest BCUT2D eigenvalue weighted by atomic mass is 9.98. The summed E-state index contributed by atoms with van der Waals surface area (Å²) in [6, 6.07) is 5.06. The topological polar surface area (TPSA) is 71.8 Å². The van der Waals surface area contributed by atoms with E-state index in [9.17, 15) is 9.59 Å². The molecule has 0 radical (unpaired) electrons. The zero-order valence-corrected chi connectivity index (χ0v) is 15.9. The van der Waals surface area contributed by atoms with E-state index in [1.807, 2.05) is 0 Å². The molecule has 1 N–H and O–H groups in total. The third-order valence-electron chi connectivity index (χ3n) is 4.75. The Hall–Kier alpha value is -2.21. The fraction of sp³-hybridized carbons (Fsp3) is 0.474. The molecule has 0 saturated carbocycles. The summed E-state index contributed by atoms with van der Waals surface area (Å²) in [6.07, 6.45) is 1.96. The number of rotatable bonds is 5. The first-order valence-electron chi connectivity index (χ1n) is 8.76. The summed E-state index contributed by atoms with van der Waals surface area (Å²) in [5, 5.41) is 4.20. The highest BCUT2D eigenvalue weighted by molar-refractivity contribution is 6.31. The van der Waals surface area contributed by atoms with Gasteiger partial charge in [-0.2, -0.15) is 0 Å². The second-order valence-corrected chi connectivity index (χ2v) is 7.14. The Labute approximate surface area is 157 Å². The van der Waals surface area contributed by atoms with Gasteiger partial charge in [-0.1, -0.05) is 24.9 Å². The Morgan fingerprint density at radius 2 is 2.12 bits per heavy atom. The van der Waals surface area contributed by atoms with Gasteiger partial charge in [0.25, 0.3) is 5.91 Å².